The molecule has 2 nitrogen and oxygen atoms in total. The van der Waals surface area contributed by atoms with Crippen LogP contribution in [0.5, 0.6) is 0 Å². The fourth-order valence-corrected chi connectivity index (χ4v) is 2.89. The summed E-state index contributed by atoms with van der Waals surface area (Å²) in [6.45, 7) is 2.09. The summed E-state index contributed by atoms with van der Waals surface area (Å²) in [6, 6.07) is 8.42. The molecule has 0 N–H and O–H groups in total. The van der Waals surface area contributed by atoms with E-state index >= 15 is 0 Å². The van der Waals surface area contributed by atoms with Gasteiger partial charge in [0.2, 0.25) is 0 Å². The van der Waals surface area contributed by atoms with Gasteiger partial charge in [0.1, 0.15) is 11.0 Å². The van der Waals surface area contributed by atoms with Gasteiger partial charge in [-0.05, 0) is 41.3 Å². The van der Waals surface area contributed by atoms with Gasteiger partial charge in [-0.25, -0.2) is 9.97 Å². The first-order valence-electron chi connectivity index (χ1n) is 6.41. The normalized spacial score (nSPS) is 14.7. The van der Waals surface area contributed by atoms with E-state index in [4.69, 9.17) is 11.6 Å². The molecule has 1 saturated carbocycles. The molecule has 1 heterocycles. The lowest BCUT2D eigenvalue weighted by Gasteiger charge is -2.08. The zero-order chi connectivity index (χ0) is 13.4. The third-order valence-electron chi connectivity index (χ3n) is 3.29. The molecule has 1 fully saturated rings. The van der Waals surface area contributed by atoms with Crippen molar-refractivity contribution in [2.75, 3.05) is 0 Å². The van der Waals surface area contributed by atoms with E-state index in [1.807, 2.05) is 0 Å². The minimum absolute atomic E-state index is 0.527. The molecule has 0 radical (unpaired) electrons. The van der Waals surface area contributed by atoms with Crippen LogP contribution in [0.3, 0.4) is 0 Å². The first-order valence-corrected chi connectivity index (χ1v) is 7.58. The Labute approximate surface area is 126 Å². The van der Waals surface area contributed by atoms with Gasteiger partial charge < -0.3 is 0 Å². The van der Waals surface area contributed by atoms with Gasteiger partial charge in [0.05, 0.1) is 10.2 Å². The molecule has 1 aromatic carbocycles. The molecule has 98 valence electrons. The summed E-state index contributed by atoms with van der Waals surface area (Å²) in [6.07, 6.45) is 3.14. The van der Waals surface area contributed by atoms with Crippen molar-refractivity contribution in [3.05, 3.63) is 56.5 Å². The lowest BCUT2D eigenvalue weighted by Crippen LogP contribution is -2.02. The van der Waals surface area contributed by atoms with Gasteiger partial charge in [-0.1, -0.05) is 41.4 Å². The highest BCUT2D eigenvalue weighted by molar-refractivity contribution is 9.10. The molecular formula is C15H14BrClN2. The molecule has 1 aliphatic rings. The van der Waals surface area contributed by atoms with Crippen molar-refractivity contribution in [3.8, 4) is 0 Å². The molecule has 0 unspecified atom stereocenters. The molecule has 0 bridgehead atoms. The molecule has 19 heavy (non-hydrogen) atoms. The molecule has 3 rings (SSSR count). The number of aromatic nitrogens is 2. The second kappa shape index (κ2) is 5.22. The number of benzene rings is 1. The van der Waals surface area contributed by atoms with Gasteiger partial charge in [-0.15, -0.1) is 0 Å². The minimum atomic E-state index is 0.527. The highest BCUT2D eigenvalue weighted by atomic mass is 79.9. The van der Waals surface area contributed by atoms with E-state index in [-0.39, 0.29) is 0 Å². The fraction of sp³-hybridized carbons (Fsp3) is 0.333. The fourth-order valence-electron chi connectivity index (χ4n) is 2.19. The van der Waals surface area contributed by atoms with Crippen molar-refractivity contribution in [1.82, 2.24) is 9.97 Å². The molecule has 1 aromatic heterocycles. The maximum atomic E-state index is 6.19. The quantitative estimate of drug-likeness (QED) is 0.761. The van der Waals surface area contributed by atoms with E-state index in [2.05, 4.69) is 57.1 Å². The molecule has 0 atom stereocenters. The second-order valence-corrected chi connectivity index (χ2v) is 6.22. The van der Waals surface area contributed by atoms with E-state index in [1.54, 1.807) is 0 Å². The lowest BCUT2D eigenvalue weighted by molar-refractivity contribution is 0.889. The van der Waals surface area contributed by atoms with E-state index in [0.29, 0.717) is 11.1 Å². The van der Waals surface area contributed by atoms with E-state index in [9.17, 15) is 0 Å². The van der Waals surface area contributed by atoms with Crippen molar-refractivity contribution in [2.24, 2.45) is 0 Å². The van der Waals surface area contributed by atoms with Crippen LogP contribution in [0.2, 0.25) is 5.15 Å². The maximum absolute atomic E-state index is 6.19. The summed E-state index contributed by atoms with van der Waals surface area (Å²) < 4.78 is 0.865. The van der Waals surface area contributed by atoms with Crippen LogP contribution in [0.25, 0.3) is 0 Å². The Hall–Kier alpha value is -0.930. The van der Waals surface area contributed by atoms with Gasteiger partial charge in [-0.2, -0.15) is 0 Å². The average Bonchev–Trinajstić information content (AvgIpc) is 3.18. The van der Waals surface area contributed by atoms with Gasteiger partial charge in [-0.3, -0.25) is 0 Å². The maximum Gasteiger partial charge on any atom is 0.147 e. The zero-order valence-electron chi connectivity index (χ0n) is 10.7. The first kappa shape index (κ1) is 13.1. The Balaban J connectivity index is 1.92. The standard InChI is InChI=1S/C15H14BrClN2/c1-9-3-2-4-10(7-9)8-12-18-14(11-5-6-11)13(16)15(17)19-12/h2-4,7,11H,5-6,8H2,1H3. The molecule has 2 aromatic rings. The topological polar surface area (TPSA) is 25.8 Å². The monoisotopic (exact) mass is 336 g/mol. The van der Waals surface area contributed by atoms with Crippen LogP contribution < -0.4 is 0 Å². The number of halogens is 2. The van der Waals surface area contributed by atoms with Gasteiger partial charge >= 0.3 is 0 Å². The third-order valence-corrected chi connectivity index (χ3v) is 4.58. The van der Waals surface area contributed by atoms with E-state index in [1.165, 1.54) is 24.0 Å². The average molecular weight is 338 g/mol. The van der Waals surface area contributed by atoms with Crippen molar-refractivity contribution >= 4 is 27.5 Å². The number of nitrogens with zero attached hydrogens (tertiary/aromatic N) is 2. The predicted molar refractivity (Wildman–Crippen MR) is 80.7 cm³/mol. The summed E-state index contributed by atoms with van der Waals surface area (Å²) in [5, 5.41) is 0.527. The Bertz CT molecular complexity index is 624. The SMILES string of the molecule is Cc1cccc(Cc2nc(Cl)c(Br)c(C3CC3)n2)c1. The van der Waals surface area contributed by atoms with Crippen molar-refractivity contribution in [1.29, 1.82) is 0 Å². The Morgan fingerprint density at radius 3 is 2.79 bits per heavy atom. The Morgan fingerprint density at radius 1 is 1.32 bits per heavy atom. The number of hydrogen-bond donors (Lipinski definition) is 0. The highest BCUT2D eigenvalue weighted by Gasteiger charge is 2.29. The largest absolute Gasteiger partial charge is 0.236 e. The molecule has 4 heteroatoms. The summed E-state index contributed by atoms with van der Waals surface area (Å²) in [5.74, 6) is 1.37. The van der Waals surface area contributed by atoms with Crippen LogP contribution in [0, 0.1) is 6.92 Å². The summed E-state index contributed by atoms with van der Waals surface area (Å²) in [7, 11) is 0. The highest BCUT2D eigenvalue weighted by Crippen LogP contribution is 2.43. The van der Waals surface area contributed by atoms with Crippen LogP contribution >= 0.6 is 27.5 Å². The molecular weight excluding hydrogens is 324 g/mol. The second-order valence-electron chi connectivity index (χ2n) is 5.07. The van der Waals surface area contributed by atoms with Crippen LogP contribution in [0.4, 0.5) is 0 Å². The van der Waals surface area contributed by atoms with Crippen molar-refractivity contribution in [2.45, 2.75) is 32.1 Å². The van der Waals surface area contributed by atoms with Gasteiger partial charge in [0, 0.05) is 12.3 Å². The van der Waals surface area contributed by atoms with Crippen LogP contribution in [-0.4, -0.2) is 9.97 Å². The van der Waals surface area contributed by atoms with E-state index < -0.39 is 0 Å². The minimum Gasteiger partial charge on any atom is -0.236 e. The first-order chi connectivity index (χ1) is 9.13. The number of rotatable bonds is 3. The van der Waals surface area contributed by atoms with Crippen LogP contribution in [0.1, 0.15) is 41.4 Å². The van der Waals surface area contributed by atoms with Crippen molar-refractivity contribution in [3.63, 3.8) is 0 Å². The van der Waals surface area contributed by atoms with Gasteiger partial charge in [0.15, 0.2) is 0 Å². The molecule has 1 aliphatic carbocycles. The lowest BCUT2D eigenvalue weighted by atomic mass is 10.1. The number of hydrogen-bond acceptors (Lipinski definition) is 2. The van der Waals surface area contributed by atoms with Crippen molar-refractivity contribution < 1.29 is 0 Å². The van der Waals surface area contributed by atoms with Crippen LogP contribution in [-0.2, 0) is 6.42 Å². The third kappa shape index (κ3) is 2.98. The summed E-state index contributed by atoms with van der Waals surface area (Å²) >= 11 is 9.69. The van der Waals surface area contributed by atoms with E-state index in [0.717, 1.165) is 22.4 Å². The van der Waals surface area contributed by atoms with Gasteiger partial charge in [0.25, 0.3) is 0 Å². The molecule has 0 spiro atoms. The molecule has 0 saturated heterocycles. The smallest absolute Gasteiger partial charge is 0.147 e. The number of aryl methyl sites for hydroxylation is 1. The molecule has 0 amide bonds. The van der Waals surface area contributed by atoms with Crippen LogP contribution in [0.15, 0.2) is 28.7 Å². The summed E-state index contributed by atoms with van der Waals surface area (Å²) in [4.78, 5) is 9.05. The molecule has 0 aliphatic heterocycles. The zero-order valence-corrected chi connectivity index (χ0v) is 13.0. The Kier molecular flexibility index (Phi) is 3.59. The Morgan fingerprint density at radius 2 is 2.11 bits per heavy atom. The summed E-state index contributed by atoms with van der Waals surface area (Å²) in [5.41, 5.74) is 3.55. The predicted octanol–water partition coefficient (Wildman–Crippen LogP) is 4.67.